The summed E-state index contributed by atoms with van der Waals surface area (Å²) in [4.78, 5) is 0. The second-order valence-corrected chi connectivity index (χ2v) is 4.49. The van der Waals surface area contributed by atoms with Gasteiger partial charge in [-0.3, -0.25) is 0 Å². The van der Waals surface area contributed by atoms with E-state index in [1.807, 2.05) is 12.1 Å². The fourth-order valence-electron chi connectivity index (χ4n) is 1.25. The Labute approximate surface area is 74.8 Å². The summed E-state index contributed by atoms with van der Waals surface area (Å²) in [6.07, 6.45) is 5.29. The van der Waals surface area contributed by atoms with E-state index < -0.39 is 0 Å². The highest BCUT2D eigenvalue weighted by Gasteiger charge is 2.09. The summed E-state index contributed by atoms with van der Waals surface area (Å²) >= 11 is 0. The molecule has 0 spiro atoms. The predicted molar refractivity (Wildman–Crippen MR) is 51.1 cm³/mol. The van der Waals surface area contributed by atoms with Crippen molar-refractivity contribution in [3.63, 3.8) is 0 Å². The Morgan fingerprint density at radius 3 is 2.58 bits per heavy atom. The Hall–Kier alpha value is -0.720. The molecule has 68 valence electrons. The highest BCUT2D eigenvalue weighted by molar-refractivity contribution is 4.97. The molecule has 1 rings (SSSR count). The van der Waals surface area contributed by atoms with Crippen molar-refractivity contribution < 1.29 is 4.42 Å². The van der Waals surface area contributed by atoms with Gasteiger partial charge in [-0.1, -0.05) is 20.8 Å². The minimum absolute atomic E-state index is 0.451. The van der Waals surface area contributed by atoms with Crippen molar-refractivity contribution in [3.05, 3.63) is 24.2 Å². The molecule has 0 saturated heterocycles. The summed E-state index contributed by atoms with van der Waals surface area (Å²) in [7, 11) is 0. The lowest BCUT2D eigenvalue weighted by molar-refractivity contribution is 0.358. The van der Waals surface area contributed by atoms with Crippen LogP contribution in [0.25, 0.3) is 0 Å². The summed E-state index contributed by atoms with van der Waals surface area (Å²) in [5.41, 5.74) is 0.451. The standard InChI is InChI=1S/C11H18O/c1-11(2,3)8-4-6-10-7-5-9-12-10/h5,7,9H,4,6,8H2,1-3H3. The zero-order chi connectivity index (χ0) is 9.03. The van der Waals surface area contributed by atoms with E-state index in [2.05, 4.69) is 20.8 Å². The summed E-state index contributed by atoms with van der Waals surface area (Å²) in [6, 6.07) is 4.00. The Morgan fingerprint density at radius 1 is 1.33 bits per heavy atom. The van der Waals surface area contributed by atoms with Gasteiger partial charge < -0.3 is 4.42 Å². The number of hydrogen-bond acceptors (Lipinski definition) is 1. The van der Waals surface area contributed by atoms with Crippen LogP contribution >= 0.6 is 0 Å². The van der Waals surface area contributed by atoms with Crippen LogP contribution in [0.3, 0.4) is 0 Å². The molecule has 1 aromatic heterocycles. The van der Waals surface area contributed by atoms with Crippen LogP contribution in [0.5, 0.6) is 0 Å². The van der Waals surface area contributed by atoms with Crippen LogP contribution in [0, 0.1) is 5.41 Å². The van der Waals surface area contributed by atoms with Gasteiger partial charge in [-0.15, -0.1) is 0 Å². The summed E-state index contributed by atoms with van der Waals surface area (Å²) < 4.78 is 5.25. The van der Waals surface area contributed by atoms with Gasteiger partial charge in [-0.05, 0) is 30.4 Å². The van der Waals surface area contributed by atoms with Crippen LogP contribution in [0.1, 0.15) is 39.4 Å². The van der Waals surface area contributed by atoms with E-state index in [1.165, 1.54) is 12.8 Å². The van der Waals surface area contributed by atoms with Gasteiger partial charge in [-0.2, -0.15) is 0 Å². The molecule has 12 heavy (non-hydrogen) atoms. The zero-order valence-electron chi connectivity index (χ0n) is 8.26. The summed E-state index contributed by atoms with van der Waals surface area (Å²) in [5.74, 6) is 1.11. The van der Waals surface area contributed by atoms with Gasteiger partial charge in [-0.25, -0.2) is 0 Å². The molecular weight excluding hydrogens is 148 g/mol. The number of hydrogen-bond donors (Lipinski definition) is 0. The summed E-state index contributed by atoms with van der Waals surface area (Å²) in [6.45, 7) is 6.82. The fourth-order valence-corrected chi connectivity index (χ4v) is 1.25. The topological polar surface area (TPSA) is 13.1 Å². The highest BCUT2D eigenvalue weighted by atomic mass is 16.3. The van der Waals surface area contributed by atoms with Crippen molar-refractivity contribution in [2.45, 2.75) is 40.0 Å². The van der Waals surface area contributed by atoms with Crippen molar-refractivity contribution in [2.24, 2.45) is 5.41 Å². The van der Waals surface area contributed by atoms with E-state index in [1.54, 1.807) is 6.26 Å². The van der Waals surface area contributed by atoms with Gasteiger partial charge in [0.25, 0.3) is 0 Å². The molecule has 1 nitrogen and oxygen atoms in total. The maximum Gasteiger partial charge on any atom is 0.103 e. The zero-order valence-corrected chi connectivity index (χ0v) is 8.26. The molecule has 1 heteroatoms. The van der Waals surface area contributed by atoms with Gasteiger partial charge >= 0.3 is 0 Å². The molecule has 0 aliphatic rings. The Balaban J connectivity index is 2.20. The number of rotatable bonds is 3. The average Bonchev–Trinajstić information content (AvgIpc) is 2.36. The van der Waals surface area contributed by atoms with E-state index >= 15 is 0 Å². The highest BCUT2D eigenvalue weighted by Crippen LogP contribution is 2.21. The lowest BCUT2D eigenvalue weighted by atomic mass is 9.90. The number of furan rings is 1. The normalized spacial score (nSPS) is 11.9. The van der Waals surface area contributed by atoms with Gasteiger partial charge in [0.15, 0.2) is 0 Å². The van der Waals surface area contributed by atoms with Gasteiger partial charge in [0.05, 0.1) is 6.26 Å². The summed E-state index contributed by atoms with van der Waals surface area (Å²) in [5, 5.41) is 0. The first-order valence-electron chi connectivity index (χ1n) is 4.60. The SMILES string of the molecule is CC(C)(C)CCCc1ccco1. The Bertz CT molecular complexity index is 203. The molecule has 0 saturated carbocycles. The molecule has 0 aliphatic heterocycles. The van der Waals surface area contributed by atoms with Crippen LogP contribution in [-0.2, 0) is 6.42 Å². The molecule has 0 unspecified atom stereocenters. The van der Waals surface area contributed by atoms with Crippen LogP contribution in [0.4, 0.5) is 0 Å². The first-order valence-corrected chi connectivity index (χ1v) is 4.60. The van der Waals surface area contributed by atoms with E-state index in [4.69, 9.17) is 4.42 Å². The van der Waals surface area contributed by atoms with Crippen molar-refractivity contribution >= 4 is 0 Å². The maximum absolute atomic E-state index is 5.25. The molecular formula is C11H18O. The number of aryl methyl sites for hydroxylation is 1. The molecule has 0 bridgehead atoms. The molecule has 0 atom stereocenters. The van der Waals surface area contributed by atoms with Crippen molar-refractivity contribution in [2.75, 3.05) is 0 Å². The first-order chi connectivity index (χ1) is 5.58. The minimum atomic E-state index is 0.451. The molecule has 0 aliphatic carbocycles. The lowest BCUT2D eigenvalue weighted by Crippen LogP contribution is -2.04. The van der Waals surface area contributed by atoms with Gasteiger partial charge in [0.1, 0.15) is 5.76 Å². The minimum Gasteiger partial charge on any atom is -0.469 e. The maximum atomic E-state index is 5.25. The van der Waals surface area contributed by atoms with E-state index in [9.17, 15) is 0 Å². The predicted octanol–water partition coefficient (Wildman–Crippen LogP) is 3.65. The smallest absolute Gasteiger partial charge is 0.103 e. The molecule has 0 aromatic carbocycles. The van der Waals surface area contributed by atoms with Gasteiger partial charge in [0.2, 0.25) is 0 Å². The first kappa shape index (κ1) is 9.37. The average molecular weight is 166 g/mol. The Morgan fingerprint density at radius 2 is 2.08 bits per heavy atom. The fraction of sp³-hybridized carbons (Fsp3) is 0.636. The van der Waals surface area contributed by atoms with E-state index in [-0.39, 0.29) is 0 Å². The van der Waals surface area contributed by atoms with Gasteiger partial charge in [0, 0.05) is 6.42 Å². The molecule has 1 heterocycles. The van der Waals surface area contributed by atoms with Crippen molar-refractivity contribution in [1.82, 2.24) is 0 Å². The second-order valence-electron chi connectivity index (χ2n) is 4.49. The molecule has 1 aromatic rings. The van der Waals surface area contributed by atoms with Crippen molar-refractivity contribution in [1.29, 1.82) is 0 Å². The van der Waals surface area contributed by atoms with Crippen LogP contribution < -0.4 is 0 Å². The van der Waals surface area contributed by atoms with E-state index in [0.29, 0.717) is 5.41 Å². The van der Waals surface area contributed by atoms with Crippen LogP contribution in [0.15, 0.2) is 22.8 Å². The largest absolute Gasteiger partial charge is 0.469 e. The molecule has 0 radical (unpaired) electrons. The lowest BCUT2D eigenvalue weighted by Gasteiger charge is -2.16. The quantitative estimate of drug-likeness (QED) is 0.668. The molecule has 0 fully saturated rings. The van der Waals surface area contributed by atoms with Crippen molar-refractivity contribution in [3.8, 4) is 0 Å². The van der Waals surface area contributed by atoms with Crippen LogP contribution in [0.2, 0.25) is 0 Å². The third kappa shape index (κ3) is 3.61. The Kier molecular flexibility index (Phi) is 2.96. The van der Waals surface area contributed by atoms with Crippen LogP contribution in [-0.4, -0.2) is 0 Å². The second kappa shape index (κ2) is 3.79. The third-order valence-electron chi connectivity index (χ3n) is 1.93. The molecule has 0 amide bonds. The monoisotopic (exact) mass is 166 g/mol. The van der Waals surface area contributed by atoms with E-state index in [0.717, 1.165) is 12.2 Å². The third-order valence-corrected chi connectivity index (χ3v) is 1.93. The molecule has 0 N–H and O–H groups in total.